The van der Waals surface area contributed by atoms with Crippen LogP contribution in [-0.4, -0.2) is 25.3 Å². The fourth-order valence-corrected chi connectivity index (χ4v) is 1.18. The van der Waals surface area contributed by atoms with Gasteiger partial charge in [0.05, 0.1) is 6.61 Å². The molecule has 1 aliphatic heterocycles. The Hall–Kier alpha value is -0.900. The second-order valence-corrected chi connectivity index (χ2v) is 3.04. The van der Waals surface area contributed by atoms with Crippen molar-refractivity contribution >= 4 is 11.5 Å². The summed E-state index contributed by atoms with van der Waals surface area (Å²) in [6.45, 7) is 2.79. The Morgan fingerprint density at radius 1 is 1.50 bits per heavy atom. The molecule has 0 amide bonds. The molecular weight excluding hydrogens is 154 g/mol. The number of nitrogens with two attached hydrogens (primary N) is 1. The summed E-state index contributed by atoms with van der Waals surface area (Å²) in [4.78, 5) is 0. The third-order valence-electron chi connectivity index (χ3n) is 1.93. The zero-order valence-electron chi connectivity index (χ0n) is 7.58. The number of rotatable bonds is 3. The molecule has 0 bridgehead atoms. The number of nitrogens with zero attached hydrogens (tertiary/aromatic N) is 2. The molecule has 0 aromatic carbocycles. The maximum absolute atomic E-state index is 5.48. The van der Waals surface area contributed by atoms with Gasteiger partial charge in [0.25, 0.3) is 0 Å². The molecule has 0 fully saturated rings. The number of hydrogen-bond acceptors (Lipinski definition) is 4. The molecule has 4 nitrogen and oxygen atoms in total. The van der Waals surface area contributed by atoms with Crippen molar-refractivity contribution in [3.63, 3.8) is 0 Å². The first-order valence-corrected chi connectivity index (χ1v) is 4.11. The van der Waals surface area contributed by atoms with Gasteiger partial charge in [0.1, 0.15) is 5.84 Å². The van der Waals surface area contributed by atoms with Crippen LogP contribution < -0.4 is 5.73 Å². The molecule has 1 unspecified atom stereocenters. The largest absolute Gasteiger partial charge is 0.386 e. The van der Waals surface area contributed by atoms with Crippen LogP contribution >= 0.6 is 0 Å². The van der Waals surface area contributed by atoms with Gasteiger partial charge in [0.15, 0.2) is 0 Å². The van der Waals surface area contributed by atoms with Crippen molar-refractivity contribution in [2.24, 2.45) is 21.9 Å². The first-order chi connectivity index (χ1) is 5.74. The van der Waals surface area contributed by atoms with Crippen molar-refractivity contribution in [1.29, 1.82) is 0 Å². The fourth-order valence-electron chi connectivity index (χ4n) is 1.18. The molecule has 0 aromatic heterocycles. The molecular formula is C8H15N3O. The molecule has 0 spiro atoms. The van der Waals surface area contributed by atoms with Gasteiger partial charge in [0.2, 0.25) is 0 Å². The number of amidine groups is 1. The minimum atomic E-state index is 0.354. The van der Waals surface area contributed by atoms with E-state index in [9.17, 15) is 0 Å². The average molecular weight is 169 g/mol. The summed E-state index contributed by atoms with van der Waals surface area (Å²) in [7, 11) is 1.69. The maximum Gasteiger partial charge on any atom is 0.122 e. The second-order valence-electron chi connectivity index (χ2n) is 3.04. The molecule has 1 atom stereocenters. The molecule has 12 heavy (non-hydrogen) atoms. The molecule has 0 saturated carbocycles. The lowest BCUT2D eigenvalue weighted by molar-refractivity contribution is 0.181. The van der Waals surface area contributed by atoms with Gasteiger partial charge in [-0.2, -0.15) is 5.10 Å². The molecule has 0 radical (unpaired) electrons. The Balaban J connectivity index is 2.52. The summed E-state index contributed by atoms with van der Waals surface area (Å²) in [6.07, 6.45) is 1.74. The van der Waals surface area contributed by atoms with Gasteiger partial charge in [-0.25, -0.2) is 0 Å². The van der Waals surface area contributed by atoms with Gasteiger partial charge in [-0.1, -0.05) is 6.92 Å². The van der Waals surface area contributed by atoms with E-state index >= 15 is 0 Å². The van der Waals surface area contributed by atoms with Gasteiger partial charge >= 0.3 is 0 Å². The van der Waals surface area contributed by atoms with Gasteiger partial charge < -0.3 is 10.5 Å². The zero-order valence-corrected chi connectivity index (χ0v) is 7.58. The molecule has 0 aromatic rings. The van der Waals surface area contributed by atoms with Gasteiger partial charge in [-0.05, 0) is 6.42 Å². The number of hydrogen-bond donors (Lipinski definition) is 1. The number of ether oxygens (including phenoxy) is 1. The van der Waals surface area contributed by atoms with E-state index in [1.54, 1.807) is 7.11 Å². The van der Waals surface area contributed by atoms with Crippen molar-refractivity contribution in [2.75, 3.05) is 13.7 Å². The molecule has 1 rings (SSSR count). The average Bonchev–Trinajstić information content (AvgIpc) is 2.06. The van der Waals surface area contributed by atoms with Crippen molar-refractivity contribution in [1.82, 2.24) is 0 Å². The van der Waals surface area contributed by atoms with Crippen LogP contribution in [0.1, 0.15) is 19.8 Å². The first-order valence-electron chi connectivity index (χ1n) is 4.11. The molecule has 1 aliphatic rings. The van der Waals surface area contributed by atoms with E-state index in [-0.39, 0.29) is 0 Å². The maximum atomic E-state index is 5.48. The monoisotopic (exact) mass is 169 g/mol. The molecule has 0 aliphatic carbocycles. The van der Waals surface area contributed by atoms with Crippen molar-refractivity contribution < 1.29 is 4.74 Å². The smallest absolute Gasteiger partial charge is 0.122 e. The van der Waals surface area contributed by atoms with E-state index in [0.717, 1.165) is 18.6 Å². The third-order valence-corrected chi connectivity index (χ3v) is 1.93. The Bertz CT molecular complexity index is 210. The highest BCUT2D eigenvalue weighted by molar-refractivity contribution is 5.94. The van der Waals surface area contributed by atoms with E-state index in [0.29, 0.717) is 18.4 Å². The Morgan fingerprint density at radius 2 is 2.25 bits per heavy atom. The summed E-state index contributed by atoms with van der Waals surface area (Å²) in [6, 6.07) is 0. The Labute approximate surface area is 72.5 Å². The summed E-state index contributed by atoms with van der Waals surface area (Å²) < 4.78 is 5.02. The van der Waals surface area contributed by atoms with Crippen LogP contribution in [0.25, 0.3) is 0 Å². The summed E-state index contributed by atoms with van der Waals surface area (Å²) in [5, 5.41) is 7.87. The van der Waals surface area contributed by atoms with Crippen molar-refractivity contribution in [2.45, 2.75) is 19.8 Å². The van der Waals surface area contributed by atoms with Crippen molar-refractivity contribution in [3.8, 4) is 0 Å². The Kier molecular flexibility index (Phi) is 3.22. The van der Waals surface area contributed by atoms with Crippen LogP contribution in [0.3, 0.4) is 0 Å². The van der Waals surface area contributed by atoms with Crippen molar-refractivity contribution in [3.05, 3.63) is 0 Å². The normalized spacial score (nSPS) is 19.8. The predicted molar refractivity (Wildman–Crippen MR) is 49.3 cm³/mol. The van der Waals surface area contributed by atoms with Crippen LogP contribution in [0.15, 0.2) is 10.2 Å². The molecule has 1 heterocycles. The molecule has 68 valence electrons. The highest BCUT2D eigenvalue weighted by Gasteiger charge is 2.13. The standard InChI is InChI=1S/C8H15N3O/c1-6(5-12-2)7-3-4-8(9)11-10-7/h6H,3-5H2,1-2H3,(H2,9,11). The molecule has 2 N–H and O–H groups in total. The summed E-state index contributed by atoms with van der Waals surface area (Å²) in [5.41, 5.74) is 6.57. The third kappa shape index (κ3) is 2.30. The highest BCUT2D eigenvalue weighted by Crippen LogP contribution is 2.10. The summed E-state index contributed by atoms with van der Waals surface area (Å²) >= 11 is 0. The fraction of sp³-hybridized carbons (Fsp3) is 0.750. The lowest BCUT2D eigenvalue weighted by Crippen LogP contribution is -2.23. The van der Waals surface area contributed by atoms with E-state index < -0.39 is 0 Å². The van der Waals surface area contributed by atoms with Crippen LogP contribution in [0, 0.1) is 5.92 Å². The van der Waals surface area contributed by atoms with Crippen LogP contribution in [-0.2, 0) is 4.74 Å². The van der Waals surface area contributed by atoms with E-state index in [2.05, 4.69) is 17.1 Å². The van der Waals surface area contributed by atoms with E-state index in [4.69, 9.17) is 10.5 Å². The highest BCUT2D eigenvalue weighted by atomic mass is 16.5. The van der Waals surface area contributed by atoms with Crippen LogP contribution in [0.2, 0.25) is 0 Å². The number of methoxy groups -OCH3 is 1. The molecule has 4 heteroatoms. The SMILES string of the molecule is COCC(C)C1=NN=C(N)CC1. The van der Waals surface area contributed by atoms with Gasteiger partial charge in [-0.3, -0.25) is 0 Å². The van der Waals surface area contributed by atoms with Crippen LogP contribution in [0.4, 0.5) is 0 Å². The lowest BCUT2D eigenvalue weighted by atomic mass is 10.0. The zero-order chi connectivity index (χ0) is 8.97. The quantitative estimate of drug-likeness (QED) is 0.678. The minimum Gasteiger partial charge on any atom is -0.386 e. The van der Waals surface area contributed by atoms with Gasteiger partial charge in [0, 0.05) is 25.2 Å². The molecule has 0 saturated heterocycles. The second kappa shape index (κ2) is 4.21. The van der Waals surface area contributed by atoms with Crippen LogP contribution in [0.5, 0.6) is 0 Å². The topological polar surface area (TPSA) is 60.0 Å². The Morgan fingerprint density at radius 3 is 2.75 bits per heavy atom. The van der Waals surface area contributed by atoms with Gasteiger partial charge in [-0.15, -0.1) is 5.10 Å². The first kappa shape index (κ1) is 9.19. The predicted octanol–water partition coefficient (Wildman–Crippen LogP) is 0.776. The van der Waals surface area contributed by atoms with E-state index in [1.807, 2.05) is 0 Å². The lowest BCUT2D eigenvalue weighted by Gasteiger charge is -2.15. The minimum absolute atomic E-state index is 0.354. The van der Waals surface area contributed by atoms with E-state index in [1.165, 1.54) is 0 Å². The summed E-state index contributed by atoms with van der Waals surface area (Å²) in [5.74, 6) is 0.982.